The van der Waals surface area contributed by atoms with E-state index in [0.29, 0.717) is 6.67 Å². The summed E-state index contributed by atoms with van der Waals surface area (Å²) >= 11 is 0. The smallest absolute Gasteiger partial charge is 0.159 e. The molecule has 26 heavy (non-hydrogen) atoms. The van der Waals surface area contributed by atoms with E-state index in [4.69, 9.17) is 12.3 Å². The third-order valence-corrected chi connectivity index (χ3v) is 4.97. The lowest BCUT2D eigenvalue weighted by molar-refractivity contribution is 0.638. The highest BCUT2D eigenvalue weighted by molar-refractivity contribution is 6.17. The topological polar surface area (TPSA) is 32.5 Å². The second-order valence-corrected chi connectivity index (χ2v) is 7.25. The summed E-state index contributed by atoms with van der Waals surface area (Å²) in [5, 5.41) is 2.24. The van der Waals surface area contributed by atoms with E-state index in [-0.39, 0.29) is 0 Å². The number of benzene rings is 2. The summed E-state index contributed by atoms with van der Waals surface area (Å²) < 4.78 is 6.21. The zero-order chi connectivity index (χ0) is 17.9. The van der Waals surface area contributed by atoms with Gasteiger partial charge in [0.25, 0.3) is 0 Å². The molecule has 0 bridgehead atoms. The first-order valence-electron chi connectivity index (χ1n) is 8.73. The van der Waals surface area contributed by atoms with Crippen molar-refractivity contribution in [1.29, 1.82) is 0 Å². The number of nitrogens with zero attached hydrogens (tertiary/aromatic N) is 3. The fourth-order valence-electron chi connectivity index (χ4n) is 3.72. The molecule has 0 saturated carbocycles. The molecule has 3 heterocycles. The van der Waals surface area contributed by atoms with Gasteiger partial charge in [0.1, 0.15) is 13.4 Å². The van der Waals surface area contributed by atoms with Crippen LogP contribution < -0.4 is 9.80 Å². The van der Waals surface area contributed by atoms with Gasteiger partial charge in [0.05, 0.1) is 18.0 Å². The Labute approximate surface area is 153 Å². The molecule has 5 heteroatoms. The van der Waals surface area contributed by atoms with E-state index in [2.05, 4.69) is 45.1 Å². The van der Waals surface area contributed by atoms with Crippen LogP contribution in [-0.4, -0.2) is 24.9 Å². The molecule has 4 aromatic rings. The van der Waals surface area contributed by atoms with Gasteiger partial charge in [0.2, 0.25) is 0 Å². The van der Waals surface area contributed by atoms with Crippen molar-refractivity contribution >= 4 is 47.0 Å². The van der Waals surface area contributed by atoms with Crippen molar-refractivity contribution in [2.75, 3.05) is 16.5 Å². The Balaban J connectivity index is 1.74. The first-order chi connectivity index (χ1) is 12.5. The average molecular weight is 339 g/mol. The number of hydrogen-bond donors (Lipinski definition) is 0. The number of para-hydroxylation sites is 2. The van der Waals surface area contributed by atoms with Gasteiger partial charge in [-0.2, -0.15) is 0 Å². The molecule has 4 nitrogen and oxygen atoms in total. The average Bonchev–Trinajstić information content (AvgIpc) is 3.20. The highest BCUT2D eigenvalue weighted by Gasteiger charge is 2.35. The van der Waals surface area contributed by atoms with Crippen molar-refractivity contribution in [2.45, 2.75) is 19.3 Å². The number of fused-ring (bicyclic) bond motifs is 4. The molecule has 2 aromatic carbocycles. The molecule has 5 rings (SSSR count). The number of hydrogen-bond acceptors (Lipinski definition) is 4. The third kappa shape index (κ3) is 2.13. The molecule has 0 N–H and O–H groups in total. The Morgan fingerprint density at radius 2 is 1.73 bits per heavy atom. The first-order valence-corrected chi connectivity index (χ1v) is 8.73. The normalized spacial score (nSPS) is 14.4. The predicted molar refractivity (Wildman–Crippen MR) is 107 cm³/mol. The SMILES string of the molecule is [B]C(C)(C)N1CN(c2cccc3c2oc2ccccc23)c2ncccc21. The molecule has 2 aromatic heterocycles. The second-order valence-electron chi connectivity index (χ2n) is 7.25. The largest absolute Gasteiger partial charge is 0.454 e. The summed E-state index contributed by atoms with van der Waals surface area (Å²) in [6.07, 6.45) is 1.82. The minimum atomic E-state index is -0.492. The van der Waals surface area contributed by atoms with Gasteiger partial charge in [-0.1, -0.05) is 44.2 Å². The van der Waals surface area contributed by atoms with E-state index >= 15 is 0 Å². The highest BCUT2D eigenvalue weighted by Crippen LogP contribution is 2.44. The van der Waals surface area contributed by atoms with Crippen LogP contribution in [0.15, 0.2) is 65.2 Å². The zero-order valence-electron chi connectivity index (χ0n) is 14.8. The van der Waals surface area contributed by atoms with Gasteiger partial charge < -0.3 is 14.2 Å². The monoisotopic (exact) mass is 339 g/mol. The number of furan rings is 1. The molecule has 0 amide bonds. The molecule has 0 spiro atoms. The fraction of sp³-hybridized carbons (Fsp3) is 0.190. The lowest BCUT2D eigenvalue weighted by atomic mass is 9.80. The molecule has 2 radical (unpaired) electrons. The highest BCUT2D eigenvalue weighted by atomic mass is 16.3. The lowest BCUT2D eigenvalue weighted by Gasteiger charge is -2.34. The van der Waals surface area contributed by atoms with E-state index in [1.54, 1.807) is 0 Å². The number of pyridine rings is 1. The molecule has 1 aliphatic rings. The summed E-state index contributed by atoms with van der Waals surface area (Å²) in [6, 6.07) is 18.4. The number of rotatable bonds is 2. The van der Waals surface area contributed by atoms with Gasteiger partial charge in [0, 0.05) is 17.0 Å². The molecule has 0 fully saturated rings. The minimum absolute atomic E-state index is 0.492. The Hall–Kier alpha value is -2.95. The molecule has 0 atom stereocenters. The maximum Gasteiger partial charge on any atom is 0.159 e. The molecule has 0 unspecified atom stereocenters. The third-order valence-electron chi connectivity index (χ3n) is 4.97. The van der Waals surface area contributed by atoms with Crippen LogP contribution in [0.4, 0.5) is 17.2 Å². The van der Waals surface area contributed by atoms with Gasteiger partial charge >= 0.3 is 0 Å². The predicted octanol–water partition coefficient (Wildman–Crippen LogP) is 4.80. The zero-order valence-corrected chi connectivity index (χ0v) is 14.8. The Kier molecular flexibility index (Phi) is 3.11. The van der Waals surface area contributed by atoms with Crippen molar-refractivity contribution in [2.24, 2.45) is 0 Å². The molecular weight excluding hydrogens is 321 g/mol. The maximum absolute atomic E-state index is 6.42. The number of aromatic nitrogens is 1. The quantitative estimate of drug-likeness (QED) is 0.491. The van der Waals surface area contributed by atoms with Crippen LogP contribution in [0.3, 0.4) is 0 Å². The van der Waals surface area contributed by atoms with E-state index in [1.807, 2.05) is 44.3 Å². The van der Waals surface area contributed by atoms with Crippen molar-refractivity contribution in [3.8, 4) is 0 Å². The van der Waals surface area contributed by atoms with Crippen LogP contribution in [0.2, 0.25) is 0 Å². The van der Waals surface area contributed by atoms with Crippen molar-refractivity contribution in [3.05, 3.63) is 60.8 Å². The van der Waals surface area contributed by atoms with Gasteiger partial charge in [0.15, 0.2) is 11.4 Å². The van der Waals surface area contributed by atoms with Crippen LogP contribution in [0.25, 0.3) is 21.9 Å². The number of anilines is 3. The summed E-state index contributed by atoms with van der Waals surface area (Å²) in [7, 11) is 6.42. The summed E-state index contributed by atoms with van der Waals surface area (Å²) in [4.78, 5) is 8.97. The van der Waals surface area contributed by atoms with Crippen LogP contribution in [-0.2, 0) is 0 Å². The lowest BCUT2D eigenvalue weighted by Crippen LogP contribution is -2.45. The minimum Gasteiger partial charge on any atom is -0.454 e. The van der Waals surface area contributed by atoms with Crippen LogP contribution in [0, 0.1) is 0 Å². The Bertz CT molecular complexity index is 1130. The standard InChI is InChI=1S/C21H18BN3O/c1-21(2,22)25-13-24(20-17(25)10-6-12-23-20)16-9-5-8-15-14-7-3-4-11-18(14)26-19(15)16/h3-12H,13H2,1-2H3. The van der Waals surface area contributed by atoms with Gasteiger partial charge in [-0.25, -0.2) is 4.98 Å². The van der Waals surface area contributed by atoms with Crippen LogP contribution >= 0.6 is 0 Å². The molecule has 0 aliphatic carbocycles. The van der Waals surface area contributed by atoms with Gasteiger partial charge in [-0.15, -0.1) is 0 Å². The Morgan fingerprint density at radius 1 is 0.962 bits per heavy atom. The molecular formula is C21H18BN3O. The summed E-state index contributed by atoms with van der Waals surface area (Å²) in [5.74, 6) is 0.902. The van der Waals surface area contributed by atoms with E-state index in [0.717, 1.165) is 39.1 Å². The second kappa shape index (κ2) is 5.27. The fourth-order valence-corrected chi connectivity index (χ4v) is 3.72. The maximum atomic E-state index is 6.42. The van der Waals surface area contributed by atoms with Crippen molar-refractivity contribution < 1.29 is 4.42 Å². The first kappa shape index (κ1) is 15.3. The molecule has 126 valence electrons. The Morgan fingerprint density at radius 3 is 2.58 bits per heavy atom. The van der Waals surface area contributed by atoms with E-state index in [9.17, 15) is 0 Å². The summed E-state index contributed by atoms with van der Waals surface area (Å²) in [5.41, 5.74) is 3.32. The van der Waals surface area contributed by atoms with Crippen molar-refractivity contribution in [3.63, 3.8) is 0 Å². The van der Waals surface area contributed by atoms with E-state index in [1.165, 1.54) is 0 Å². The van der Waals surface area contributed by atoms with Gasteiger partial charge in [-0.05, 0) is 29.7 Å². The molecule has 1 aliphatic heterocycles. The summed E-state index contributed by atoms with van der Waals surface area (Å²) in [6.45, 7) is 4.65. The van der Waals surface area contributed by atoms with E-state index < -0.39 is 5.44 Å². The van der Waals surface area contributed by atoms with Crippen molar-refractivity contribution in [1.82, 2.24) is 4.98 Å². The molecule has 0 saturated heterocycles. The van der Waals surface area contributed by atoms with Gasteiger partial charge in [-0.3, -0.25) is 0 Å². The van der Waals surface area contributed by atoms with Crippen LogP contribution in [0.1, 0.15) is 13.8 Å². The van der Waals surface area contributed by atoms with Crippen LogP contribution in [0.5, 0.6) is 0 Å².